The summed E-state index contributed by atoms with van der Waals surface area (Å²) < 4.78 is 11.0. The Balaban J connectivity index is 1.79. The summed E-state index contributed by atoms with van der Waals surface area (Å²) in [6, 6.07) is 12.1. The van der Waals surface area contributed by atoms with Crippen LogP contribution in [-0.4, -0.2) is 25.7 Å². The second-order valence-electron chi connectivity index (χ2n) is 4.64. The summed E-state index contributed by atoms with van der Waals surface area (Å²) in [6.45, 7) is 3.25. The van der Waals surface area contributed by atoms with Crippen LogP contribution in [0.25, 0.3) is 0 Å². The van der Waals surface area contributed by atoms with Crippen molar-refractivity contribution in [2.75, 3.05) is 19.8 Å². The molecule has 0 aliphatic rings. The van der Waals surface area contributed by atoms with Crippen molar-refractivity contribution in [3.63, 3.8) is 0 Å². The highest BCUT2D eigenvalue weighted by atomic mass is 35.5. The Kier molecular flexibility index (Phi) is 6.56. The van der Waals surface area contributed by atoms with Crippen molar-refractivity contribution in [2.24, 2.45) is 0 Å². The minimum atomic E-state index is -0.227. The first-order chi connectivity index (χ1) is 11.1. The molecule has 4 nitrogen and oxygen atoms in total. The van der Waals surface area contributed by atoms with E-state index in [1.807, 2.05) is 31.2 Å². The SMILES string of the molecule is CCOc1cccc(OCCNC(=O)c2ccc(Cl)c(Cl)c2)c1. The van der Waals surface area contributed by atoms with E-state index in [0.29, 0.717) is 41.1 Å². The molecule has 0 spiro atoms. The Morgan fingerprint density at radius 3 is 2.48 bits per heavy atom. The minimum absolute atomic E-state index is 0.227. The average molecular weight is 354 g/mol. The van der Waals surface area contributed by atoms with Crippen LogP contribution < -0.4 is 14.8 Å². The Bertz CT molecular complexity index is 677. The molecule has 2 aromatic rings. The van der Waals surface area contributed by atoms with E-state index in [1.54, 1.807) is 12.1 Å². The maximum absolute atomic E-state index is 12.0. The van der Waals surface area contributed by atoms with Gasteiger partial charge in [0.25, 0.3) is 5.91 Å². The van der Waals surface area contributed by atoms with Gasteiger partial charge in [-0.25, -0.2) is 0 Å². The van der Waals surface area contributed by atoms with Crippen molar-refractivity contribution in [3.05, 3.63) is 58.1 Å². The van der Waals surface area contributed by atoms with E-state index in [0.717, 1.165) is 5.75 Å². The zero-order valence-corrected chi connectivity index (χ0v) is 14.2. The maximum atomic E-state index is 12.0. The Hall–Kier alpha value is -1.91. The van der Waals surface area contributed by atoms with Gasteiger partial charge in [-0.05, 0) is 37.3 Å². The zero-order chi connectivity index (χ0) is 16.7. The monoisotopic (exact) mass is 353 g/mol. The molecule has 0 aromatic heterocycles. The first-order valence-electron chi connectivity index (χ1n) is 7.19. The number of nitrogens with one attached hydrogen (secondary N) is 1. The predicted molar refractivity (Wildman–Crippen MR) is 91.9 cm³/mol. The van der Waals surface area contributed by atoms with Crippen LogP contribution in [-0.2, 0) is 0 Å². The van der Waals surface area contributed by atoms with E-state index >= 15 is 0 Å². The molecule has 2 aromatic carbocycles. The summed E-state index contributed by atoms with van der Waals surface area (Å²) in [5.41, 5.74) is 0.456. The summed E-state index contributed by atoms with van der Waals surface area (Å²) >= 11 is 11.7. The van der Waals surface area contributed by atoms with Gasteiger partial charge in [-0.2, -0.15) is 0 Å². The minimum Gasteiger partial charge on any atom is -0.494 e. The quantitative estimate of drug-likeness (QED) is 0.758. The molecule has 0 saturated carbocycles. The van der Waals surface area contributed by atoms with Gasteiger partial charge in [0, 0.05) is 11.6 Å². The summed E-state index contributed by atoms with van der Waals surface area (Å²) in [5.74, 6) is 1.22. The Labute approximate surface area is 145 Å². The fourth-order valence-electron chi connectivity index (χ4n) is 1.89. The van der Waals surface area contributed by atoms with Gasteiger partial charge in [-0.3, -0.25) is 4.79 Å². The number of carbonyl (C=O) groups excluding carboxylic acids is 1. The van der Waals surface area contributed by atoms with Gasteiger partial charge < -0.3 is 14.8 Å². The van der Waals surface area contributed by atoms with Crippen molar-refractivity contribution in [1.29, 1.82) is 0 Å². The van der Waals surface area contributed by atoms with E-state index in [-0.39, 0.29) is 5.91 Å². The van der Waals surface area contributed by atoms with E-state index in [4.69, 9.17) is 32.7 Å². The van der Waals surface area contributed by atoms with Gasteiger partial charge in [0.2, 0.25) is 0 Å². The molecule has 122 valence electrons. The third-order valence-corrected chi connectivity index (χ3v) is 3.69. The normalized spacial score (nSPS) is 10.2. The van der Waals surface area contributed by atoms with E-state index < -0.39 is 0 Å². The van der Waals surface area contributed by atoms with Crippen LogP contribution in [0.5, 0.6) is 11.5 Å². The molecule has 0 aliphatic heterocycles. The van der Waals surface area contributed by atoms with Crippen LogP contribution in [0, 0.1) is 0 Å². The lowest BCUT2D eigenvalue weighted by Crippen LogP contribution is -2.28. The van der Waals surface area contributed by atoms with Crippen LogP contribution in [0.2, 0.25) is 10.0 Å². The highest BCUT2D eigenvalue weighted by molar-refractivity contribution is 6.42. The molecular formula is C17H17Cl2NO3. The van der Waals surface area contributed by atoms with Gasteiger partial charge in [0.15, 0.2) is 0 Å². The third kappa shape index (κ3) is 5.34. The highest BCUT2D eigenvalue weighted by Gasteiger charge is 2.07. The van der Waals surface area contributed by atoms with Gasteiger partial charge >= 0.3 is 0 Å². The number of ether oxygens (including phenoxy) is 2. The van der Waals surface area contributed by atoms with Crippen LogP contribution in [0.3, 0.4) is 0 Å². The molecule has 1 amide bonds. The first kappa shape index (κ1) is 17.4. The van der Waals surface area contributed by atoms with Crippen molar-refractivity contribution < 1.29 is 14.3 Å². The molecule has 0 atom stereocenters. The van der Waals surface area contributed by atoms with Crippen LogP contribution >= 0.6 is 23.2 Å². The summed E-state index contributed by atoms with van der Waals surface area (Å²) in [7, 11) is 0. The predicted octanol–water partition coefficient (Wildman–Crippen LogP) is 4.20. The molecule has 0 fully saturated rings. The molecule has 23 heavy (non-hydrogen) atoms. The summed E-state index contributed by atoms with van der Waals surface area (Å²) in [5, 5.41) is 3.53. The fraction of sp³-hybridized carbons (Fsp3) is 0.235. The first-order valence-corrected chi connectivity index (χ1v) is 7.94. The molecule has 0 radical (unpaired) electrons. The van der Waals surface area contributed by atoms with E-state index in [2.05, 4.69) is 5.32 Å². The second kappa shape index (κ2) is 8.65. The lowest BCUT2D eigenvalue weighted by atomic mass is 10.2. The number of amides is 1. The van der Waals surface area contributed by atoms with Crippen molar-refractivity contribution in [1.82, 2.24) is 5.32 Å². The number of carbonyl (C=O) groups is 1. The van der Waals surface area contributed by atoms with Crippen LogP contribution in [0.1, 0.15) is 17.3 Å². The van der Waals surface area contributed by atoms with Crippen molar-refractivity contribution in [2.45, 2.75) is 6.92 Å². The highest BCUT2D eigenvalue weighted by Crippen LogP contribution is 2.22. The number of rotatable bonds is 7. The molecular weight excluding hydrogens is 337 g/mol. The third-order valence-electron chi connectivity index (χ3n) is 2.95. The standard InChI is InChI=1S/C17H17Cl2NO3/c1-2-22-13-4-3-5-14(11-13)23-9-8-20-17(21)12-6-7-15(18)16(19)10-12/h3-7,10-11H,2,8-9H2,1H3,(H,20,21). The Morgan fingerprint density at radius 2 is 1.78 bits per heavy atom. The molecule has 1 N–H and O–H groups in total. The van der Waals surface area contributed by atoms with Gasteiger partial charge in [-0.15, -0.1) is 0 Å². The lowest BCUT2D eigenvalue weighted by molar-refractivity contribution is 0.0947. The summed E-state index contributed by atoms with van der Waals surface area (Å²) in [6.07, 6.45) is 0. The van der Waals surface area contributed by atoms with Gasteiger partial charge in [-0.1, -0.05) is 29.3 Å². The van der Waals surface area contributed by atoms with E-state index in [9.17, 15) is 4.79 Å². The lowest BCUT2D eigenvalue weighted by Gasteiger charge is -2.09. The largest absolute Gasteiger partial charge is 0.494 e. The topological polar surface area (TPSA) is 47.6 Å². The van der Waals surface area contributed by atoms with Crippen molar-refractivity contribution in [3.8, 4) is 11.5 Å². The van der Waals surface area contributed by atoms with E-state index in [1.165, 1.54) is 6.07 Å². The van der Waals surface area contributed by atoms with Crippen LogP contribution in [0.15, 0.2) is 42.5 Å². The Morgan fingerprint density at radius 1 is 1.04 bits per heavy atom. The number of benzene rings is 2. The molecule has 0 saturated heterocycles. The molecule has 0 aliphatic carbocycles. The molecule has 0 unspecified atom stereocenters. The van der Waals surface area contributed by atoms with Gasteiger partial charge in [0.05, 0.1) is 23.2 Å². The number of halogens is 2. The maximum Gasteiger partial charge on any atom is 0.251 e. The molecule has 6 heteroatoms. The molecule has 0 bridgehead atoms. The fourth-order valence-corrected chi connectivity index (χ4v) is 2.19. The van der Waals surface area contributed by atoms with Crippen LogP contribution in [0.4, 0.5) is 0 Å². The second-order valence-corrected chi connectivity index (χ2v) is 5.46. The summed E-state index contributed by atoms with van der Waals surface area (Å²) in [4.78, 5) is 12.0. The smallest absolute Gasteiger partial charge is 0.251 e. The van der Waals surface area contributed by atoms with Gasteiger partial charge in [0.1, 0.15) is 18.1 Å². The number of hydrogen-bond acceptors (Lipinski definition) is 3. The average Bonchev–Trinajstić information content (AvgIpc) is 2.54. The molecule has 2 rings (SSSR count). The molecule has 0 heterocycles. The van der Waals surface area contributed by atoms with Crippen molar-refractivity contribution >= 4 is 29.1 Å². The zero-order valence-electron chi connectivity index (χ0n) is 12.6. The number of hydrogen-bond donors (Lipinski definition) is 1.